The lowest BCUT2D eigenvalue weighted by atomic mass is 9.96. The quantitative estimate of drug-likeness (QED) is 0.849. The zero-order chi connectivity index (χ0) is 13.5. The average Bonchev–Trinajstić information content (AvgIpc) is 2.47. The molecule has 0 unspecified atom stereocenters. The molecule has 19 heavy (non-hydrogen) atoms. The molecule has 0 aliphatic heterocycles. The summed E-state index contributed by atoms with van der Waals surface area (Å²) in [5.41, 5.74) is 1.37. The molecule has 0 aromatic heterocycles. The summed E-state index contributed by atoms with van der Waals surface area (Å²) in [6, 6.07) is 11.2. The Labute approximate surface area is 122 Å². The molecule has 0 saturated heterocycles. The van der Waals surface area contributed by atoms with Crippen LogP contribution in [0.15, 0.2) is 30.3 Å². The Morgan fingerprint density at radius 1 is 1.21 bits per heavy atom. The average molecular weight is 276 g/mol. The SMILES string of the molecule is CN(CCc1ccccc1)C(=S)NC1CCCCC1. The molecular formula is C16H24N2S. The number of benzene rings is 1. The lowest BCUT2D eigenvalue weighted by Gasteiger charge is -2.28. The monoisotopic (exact) mass is 276 g/mol. The molecule has 2 nitrogen and oxygen atoms in total. The van der Waals surface area contributed by atoms with Crippen molar-refractivity contribution in [2.75, 3.05) is 13.6 Å². The van der Waals surface area contributed by atoms with Crippen LogP contribution in [0, 0.1) is 0 Å². The van der Waals surface area contributed by atoms with Crippen LogP contribution in [0.4, 0.5) is 0 Å². The van der Waals surface area contributed by atoms with E-state index in [2.05, 4.69) is 47.6 Å². The van der Waals surface area contributed by atoms with Crippen LogP contribution < -0.4 is 5.32 Å². The zero-order valence-corrected chi connectivity index (χ0v) is 12.6. The second kappa shape index (κ2) is 7.49. The van der Waals surface area contributed by atoms with Gasteiger partial charge >= 0.3 is 0 Å². The normalized spacial score (nSPS) is 16.1. The van der Waals surface area contributed by atoms with Gasteiger partial charge in [-0.05, 0) is 37.0 Å². The van der Waals surface area contributed by atoms with E-state index in [4.69, 9.17) is 12.2 Å². The van der Waals surface area contributed by atoms with Crippen molar-refractivity contribution < 1.29 is 0 Å². The summed E-state index contributed by atoms with van der Waals surface area (Å²) in [7, 11) is 2.08. The van der Waals surface area contributed by atoms with Crippen molar-refractivity contribution in [1.29, 1.82) is 0 Å². The molecule has 1 aliphatic carbocycles. The highest BCUT2D eigenvalue weighted by Crippen LogP contribution is 2.17. The zero-order valence-electron chi connectivity index (χ0n) is 11.8. The second-order valence-corrected chi connectivity index (χ2v) is 5.83. The third-order valence-electron chi connectivity index (χ3n) is 3.86. The van der Waals surface area contributed by atoms with E-state index in [1.165, 1.54) is 37.7 Å². The summed E-state index contributed by atoms with van der Waals surface area (Å²) >= 11 is 5.49. The maximum atomic E-state index is 5.49. The van der Waals surface area contributed by atoms with Crippen LogP contribution >= 0.6 is 12.2 Å². The standard InChI is InChI=1S/C16H24N2S/c1-18(13-12-14-8-4-2-5-9-14)16(19)17-15-10-6-3-7-11-15/h2,4-5,8-9,15H,3,6-7,10-13H2,1H3,(H,17,19). The fourth-order valence-corrected chi connectivity index (χ4v) is 2.83. The summed E-state index contributed by atoms with van der Waals surface area (Å²) in [6.07, 6.45) is 7.65. The first kappa shape index (κ1) is 14.3. The van der Waals surface area contributed by atoms with E-state index in [1.54, 1.807) is 0 Å². The molecular weight excluding hydrogens is 252 g/mol. The summed E-state index contributed by atoms with van der Waals surface area (Å²) in [4.78, 5) is 2.16. The van der Waals surface area contributed by atoms with Crippen LogP contribution in [0.25, 0.3) is 0 Å². The summed E-state index contributed by atoms with van der Waals surface area (Å²) in [5, 5.41) is 4.42. The van der Waals surface area contributed by atoms with E-state index in [-0.39, 0.29) is 0 Å². The summed E-state index contributed by atoms with van der Waals surface area (Å²) in [6.45, 7) is 0.975. The van der Waals surface area contributed by atoms with E-state index in [0.717, 1.165) is 18.1 Å². The number of hydrogen-bond donors (Lipinski definition) is 1. The van der Waals surface area contributed by atoms with Crippen LogP contribution in [0.3, 0.4) is 0 Å². The van der Waals surface area contributed by atoms with Gasteiger partial charge < -0.3 is 10.2 Å². The molecule has 0 radical (unpaired) electrons. The molecule has 2 rings (SSSR count). The molecule has 1 saturated carbocycles. The Hall–Kier alpha value is -1.09. The highest BCUT2D eigenvalue weighted by molar-refractivity contribution is 7.80. The van der Waals surface area contributed by atoms with Gasteiger partial charge in [0, 0.05) is 19.6 Å². The van der Waals surface area contributed by atoms with Crippen molar-refractivity contribution in [3.8, 4) is 0 Å². The van der Waals surface area contributed by atoms with Gasteiger partial charge in [0.15, 0.2) is 5.11 Å². The van der Waals surface area contributed by atoms with E-state index in [9.17, 15) is 0 Å². The molecule has 0 atom stereocenters. The van der Waals surface area contributed by atoms with Crippen molar-refractivity contribution in [1.82, 2.24) is 10.2 Å². The van der Waals surface area contributed by atoms with Crippen LogP contribution in [0.2, 0.25) is 0 Å². The summed E-state index contributed by atoms with van der Waals surface area (Å²) < 4.78 is 0. The molecule has 3 heteroatoms. The minimum atomic E-state index is 0.598. The van der Waals surface area contributed by atoms with Gasteiger partial charge in [0.1, 0.15) is 0 Å². The number of likely N-dealkylation sites (N-methyl/N-ethyl adjacent to an activating group) is 1. The third kappa shape index (κ3) is 4.83. The minimum Gasteiger partial charge on any atom is -0.360 e. The first-order valence-corrected chi connectivity index (χ1v) is 7.72. The Kier molecular flexibility index (Phi) is 5.64. The van der Waals surface area contributed by atoms with Gasteiger partial charge in [-0.3, -0.25) is 0 Å². The molecule has 0 heterocycles. The van der Waals surface area contributed by atoms with Gasteiger partial charge in [-0.15, -0.1) is 0 Å². The molecule has 0 spiro atoms. The Morgan fingerprint density at radius 2 is 1.89 bits per heavy atom. The maximum Gasteiger partial charge on any atom is 0.168 e. The number of rotatable bonds is 4. The van der Waals surface area contributed by atoms with Crippen molar-refractivity contribution in [2.24, 2.45) is 0 Å². The van der Waals surface area contributed by atoms with Crippen LogP contribution in [-0.4, -0.2) is 29.6 Å². The molecule has 1 aromatic rings. The molecule has 0 bridgehead atoms. The van der Waals surface area contributed by atoms with Gasteiger partial charge in [0.05, 0.1) is 0 Å². The van der Waals surface area contributed by atoms with Crippen LogP contribution in [-0.2, 0) is 6.42 Å². The summed E-state index contributed by atoms with van der Waals surface area (Å²) in [5.74, 6) is 0. The Morgan fingerprint density at radius 3 is 2.58 bits per heavy atom. The lowest BCUT2D eigenvalue weighted by Crippen LogP contribution is -2.44. The predicted molar refractivity (Wildman–Crippen MR) is 85.4 cm³/mol. The molecule has 104 valence electrons. The van der Waals surface area contributed by atoms with E-state index in [1.807, 2.05) is 0 Å². The smallest absolute Gasteiger partial charge is 0.168 e. The van der Waals surface area contributed by atoms with Crippen molar-refractivity contribution in [3.63, 3.8) is 0 Å². The van der Waals surface area contributed by atoms with Gasteiger partial charge in [-0.2, -0.15) is 0 Å². The van der Waals surface area contributed by atoms with Crippen molar-refractivity contribution in [2.45, 2.75) is 44.6 Å². The third-order valence-corrected chi connectivity index (χ3v) is 4.29. The number of nitrogens with one attached hydrogen (secondary N) is 1. The van der Waals surface area contributed by atoms with Crippen LogP contribution in [0.5, 0.6) is 0 Å². The van der Waals surface area contributed by atoms with E-state index >= 15 is 0 Å². The Bertz CT molecular complexity index is 385. The molecule has 1 aliphatic rings. The first-order valence-electron chi connectivity index (χ1n) is 7.31. The largest absolute Gasteiger partial charge is 0.360 e. The van der Waals surface area contributed by atoms with Crippen LogP contribution in [0.1, 0.15) is 37.7 Å². The fourth-order valence-electron chi connectivity index (χ4n) is 2.57. The Balaban J connectivity index is 1.72. The number of nitrogens with zero attached hydrogens (tertiary/aromatic N) is 1. The molecule has 1 N–H and O–H groups in total. The lowest BCUT2D eigenvalue weighted by molar-refractivity contribution is 0.394. The van der Waals surface area contributed by atoms with Crippen molar-refractivity contribution >= 4 is 17.3 Å². The van der Waals surface area contributed by atoms with Gasteiger partial charge in [-0.25, -0.2) is 0 Å². The van der Waals surface area contributed by atoms with Gasteiger partial charge in [0.2, 0.25) is 0 Å². The number of hydrogen-bond acceptors (Lipinski definition) is 1. The van der Waals surface area contributed by atoms with Crippen molar-refractivity contribution in [3.05, 3.63) is 35.9 Å². The molecule has 1 fully saturated rings. The first-order chi connectivity index (χ1) is 9.25. The van der Waals surface area contributed by atoms with E-state index in [0.29, 0.717) is 6.04 Å². The highest BCUT2D eigenvalue weighted by atomic mass is 32.1. The molecule has 1 aromatic carbocycles. The predicted octanol–water partition coefficient (Wildman–Crippen LogP) is 3.37. The minimum absolute atomic E-state index is 0.598. The second-order valence-electron chi connectivity index (χ2n) is 5.44. The van der Waals surface area contributed by atoms with Gasteiger partial charge in [-0.1, -0.05) is 49.6 Å². The van der Waals surface area contributed by atoms with E-state index < -0.39 is 0 Å². The molecule has 0 amide bonds. The maximum absolute atomic E-state index is 5.49. The van der Waals surface area contributed by atoms with Gasteiger partial charge in [0.25, 0.3) is 0 Å². The fraction of sp³-hybridized carbons (Fsp3) is 0.562. The number of thiocarbonyl (C=S) groups is 1. The highest BCUT2D eigenvalue weighted by Gasteiger charge is 2.15. The topological polar surface area (TPSA) is 15.3 Å².